The van der Waals surface area contributed by atoms with Gasteiger partial charge >= 0.3 is 0 Å². The Morgan fingerprint density at radius 2 is 1.86 bits per heavy atom. The summed E-state index contributed by atoms with van der Waals surface area (Å²) in [5, 5.41) is 3.38. The van der Waals surface area contributed by atoms with Gasteiger partial charge in [-0.3, -0.25) is 0 Å². The van der Waals surface area contributed by atoms with Gasteiger partial charge in [-0.15, -0.1) is 0 Å². The zero-order chi connectivity index (χ0) is 10.2. The summed E-state index contributed by atoms with van der Waals surface area (Å²) in [6, 6.07) is 0. The number of hydrogen-bond acceptors (Lipinski definition) is 3. The molecule has 0 aliphatic carbocycles. The summed E-state index contributed by atoms with van der Waals surface area (Å²) in [5.41, 5.74) is 0.330. The van der Waals surface area contributed by atoms with Crippen molar-refractivity contribution in [2.45, 2.75) is 26.2 Å². The van der Waals surface area contributed by atoms with E-state index in [0.717, 1.165) is 32.4 Å². The minimum atomic E-state index is -2.70. The van der Waals surface area contributed by atoms with Crippen LogP contribution in [-0.2, 0) is 9.84 Å². The zero-order valence-electron chi connectivity index (χ0n) is 8.75. The Hall–Kier alpha value is -0.0900. The van der Waals surface area contributed by atoms with Gasteiger partial charge in [0.25, 0.3) is 0 Å². The van der Waals surface area contributed by atoms with E-state index in [2.05, 4.69) is 12.2 Å². The molecule has 0 aromatic rings. The Balaban J connectivity index is 2.10. The summed E-state index contributed by atoms with van der Waals surface area (Å²) in [6.07, 6.45) is 2.93. The van der Waals surface area contributed by atoms with Crippen LogP contribution in [0.1, 0.15) is 26.2 Å². The first-order valence-electron chi connectivity index (χ1n) is 5.45. The molecule has 0 amide bonds. The third-order valence-electron chi connectivity index (χ3n) is 4.12. The predicted octanol–water partition coefficient (Wildman–Crippen LogP) is 0.811. The number of piperidine rings is 1. The molecule has 3 nitrogen and oxygen atoms in total. The number of sulfone groups is 1. The van der Waals surface area contributed by atoms with Gasteiger partial charge < -0.3 is 5.32 Å². The summed E-state index contributed by atoms with van der Waals surface area (Å²) in [7, 11) is -2.70. The van der Waals surface area contributed by atoms with Gasteiger partial charge in [0, 0.05) is 0 Å². The van der Waals surface area contributed by atoms with Crippen LogP contribution in [-0.4, -0.2) is 33.0 Å². The van der Waals surface area contributed by atoms with Crippen LogP contribution in [0.4, 0.5) is 0 Å². The van der Waals surface area contributed by atoms with E-state index in [0.29, 0.717) is 22.8 Å². The Morgan fingerprint density at radius 1 is 1.21 bits per heavy atom. The van der Waals surface area contributed by atoms with Crippen LogP contribution in [0.2, 0.25) is 0 Å². The number of rotatable bonds is 0. The molecule has 2 saturated heterocycles. The smallest absolute Gasteiger partial charge is 0.150 e. The zero-order valence-corrected chi connectivity index (χ0v) is 9.57. The van der Waals surface area contributed by atoms with Gasteiger partial charge in [-0.2, -0.15) is 0 Å². The minimum absolute atomic E-state index is 0.330. The molecule has 0 aromatic heterocycles. The Bertz CT molecular complexity index is 296. The maximum Gasteiger partial charge on any atom is 0.150 e. The molecule has 0 radical (unpaired) electrons. The van der Waals surface area contributed by atoms with Gasteiger partial charge in [0.05, 0.1) is 11.5 Å². The lowest BCUT2D eigenvalue weighted by Crippen LogP contribution is -2.47. The van der Waals surface area contributed by atoms with Crippen molar-refractivity contribution < 1.29 is 8.42 Å². The van der Waals surface area contributed by atoms with Gasteiger partial charge in [-0.1, -0.05) is 6.92 Å². The fraction of sp³-hybridized carbons (Fsp3) is 1.00. The first-order valence-corrected chi connectivity index (χ1v) is 7.27. The second-order valence-electron chi connectivity index (χ2n) is 4.87. The van der Waals surface area contributed by atoms with Gasteiger partial charge in [0.1, 0.15) is 9.84 Å². The molecule has 4 heteroatoms. The maximum absolute atomic E-state index is 11.4. The van der Waals surface area contributed by atoms with Gasteiger partial charge in [0.2, 0.25) is 0 Å². The van der Waals surface area contributed by atoms with Crippen molar-refractivity contribution in [2.75, 3.05) is 24.6 Å². The van der Waals surface area contributed by atoms with Crippen LogP contribution in [0.5, 0.6) is 0 Å². The highest BCUT2D eigenvalue weighted by atomic mass is 32.2. The highest BCUT2D eigenvalue weighted by Crippen LogP contribution is 2.43. The highest BCUT2D eigenvalue weighted by Gasteiger charge is 2.42. The van der Waals surface area contributed by atoms with Crippen molar-refractivity contribution in [2.24, 2.45) is 11.3 Å². The van der Waals surface area contributed by atoms with Crippen LogP contribution >= 0.6 is 0 Å². The predicted molar refractivity (Wildman–Crippen MR) is 57.0 cm³/mol. The molecule has 2 fully saturated rings. The molecule has 2 heterocycles. The SMILES string of the molecule is CC1CNCCC12CCS(=O)(=O)CC2. The van der Waals surface area contributed by atoms with E-state index in [1.54, 1.807) is 0 Å². The third-order valence-corrected chi connectivity index (χ3v) is 5.77. The molecule has 2 aliphatic rings. The Morgan fingerprint density at radius 3 is 2.43 bits per heavy atom. The van der Waals surface area contributed by atoms with Crippen molar-refractivity contribution in [3.63, 3.8) is 0 Å². The summed E-state index contributed by atoms with van der Waals surface area (Å²) in [6.45, 7) is 4.37. The molecule has 2 aliphatic heterocycles. The van der Waals surface area contributed by atoms with E-state index in [1.807, 2.05) is 0 Å². The highest BCUT2D eigenvalue weighted by molar-refractivity contribution is 7.91. The van der Waals surface area contributed by atoms with E-state index < -0.39 is 9.84 Å². The van der Waals surface area contributed by atoms with E-state index in [9.17, 15) is 8.42 Å². The standard InChI is InChI=1S/C10H19NO2S/c1-9-8-11-5-2-10(9)3-6-14(12,13)7-4-10/h9,11H,2-8H2,1H3. The third kappa shape index (κ3) is 1.82. The second kappa shape index (κ2) is 3.49. The molecule has 1 unspecified atom stereocenters. The number of nitrogens with one attached hydrogen (secondary N) is 1. The topological polar surface area (TPSA) is 46.2 Å². The van der Waals surface area contributed by atoms with Crippen LogP contribution in [0.25, 0.3) is 0 Å². The van der Waals surface area contributed by atoms with E-state index >= 15 is 0 Å². The largest absolute Gasteiger partial charge is 0.316 e. The van der Waals surface area contributed by atoms with Crippen molar-refractivity contribution in [1.82, 2.24) is 5.32 Å². The lowest BCUT2D eigenvalue weighted by molar-refractivity contribution is 0.106. The number of hydrogen-bond donors (Lipinski definition) is 1. The second-order valence-corrected chi connectivity index (χ2v) is 7.17. The van der Waals surface area contributed by atoms with Crippen molar-refractivity contribution >= 4 is 9.84 Å². The molecule has 1 spiro atoms. The fourth-order valence-electron chi connectivity index (χ4n) is 2.81. The van der Waals surface area contributed by atoms with Crippen molar-refractivity contribution in [3.05, 3.63) is 0 Å². The first-order chi connectivity index (χ1) is 6.54. The Kier molecular flexibility index (Phi) is 2.60. The van der Waals surface area contributed by atoms with Crippen LogP contribution in [0.15, 0.2) is 0 Å². The monoisotopic (exact) mass is 217 g/mol. The van der Waals surface area contributed by atoms with Gasteiger partial charge in [-0.05, 0) is 43.7 Å². The molecule has 14 heavy (non-hydrogen) atoms. The lowest BCUT2D eigenvalue weighted by Gasteiger charge is -2.45. The molecule has 1 atom stereocenters. The lowest BCUT2D eigenvalue weighted by atomic mass is 9.68. The molecule has 1 N–H and O–H groups in total. The summed E-state index contributed by atoms with van der Waals surface area (Å²) in [5.74, 6) is 1.46. The van der Waals surface area contributed by atoms with Gasteiger partial charge in [-0.25, -0.2) is 8.42 Å². The van der Waals surface area contributed by atoms with Crippen LogP contribution in [0.3, 0.4) is 0 Å². The van der Waals surface area contributed by atoms with E-state index in [1.165, 1.54) is 0 Å². The molecule has 0 bridgehead atoms. The molecule has 2 rings (SSSR count). The van der Waals surface area contributed by atoms with Crippen LogP contribution in [0, 0.1) is 11.3 Å². The van der Waals surface area contributed by atoms with Crippen molar-refractivity contribution in [1.29, 1.82) is 0 Å². The van der Waals surface area contributed by atoms with E-state index in [4.69, 9.17) is 0 Å². The van der Waals surface area contributed by atoms with Gasteiger partial charge in [0.15, 0.2) is 0 Å². The molecule has 0 aromatic carbocycles. The molecule has 82 valence electrons. The normalized spacial score (nSPS) is 35.6. The van der Waals surface area contributed by atoms with Crippen LogP contribution < -0.4 is 5.32 Å². The molecule has 0 saturated carbocycles. The molecular formula is C10H19NO2S. The average Bonchev–Trinajstić information content (AvgIpc) is 2.15. The summed E-state index contributed by atoms with van der Waals surface area (Å²) >= 11 is 0. The average molecular weight is 217 g/mol. The summed E-state index contributed by atoms with van der Waals surface area (Å²) in [4.78, 5) is 0. The minimum Gasteiger partial charge on any atom is -0.316 e. The Labute approximate surface area is 86.2 Å². The van der Waals surface area contributed by atoms with E-state index in [-0.39, 0.29) is 0 Å². The summed E-state index contributed by atoms with van der Waals surface area (Å²) < 4.78 is 22.7. The first kappa shape index (κ1) is 10.4. The fourth-order valence-corrected chi connectivity index (χ4v) is 4.45. The van der Waals surface area contributed by atoms with Crippen molar-refractivity contribution in [3.8, 4) is 0 Å². The molecular weight excluding hydrogens is 198 g/mol. The quantitative estimate of drug-likeness (QED) is 0.653. The maximum atomic E-state index is 11.4.